The molecular weight excluding hydrogens is 318 g/mol. The first-order valence-electron chi connectivity index (χ1n) is 5.67. The summed E-state index contributed by atoms with van der Waals surface area (Å²) in [6, 6.07) is 3.35. The molecule has 21 heavy (non-hydrogen) atoms. The minimum atomic E-state index is -3.98. The molecule has 1 aromatic heterocycles. The average Bonchev–Trinajstić information content (AvgIpc) is 2.77. The fraction of sp³-hybridized carbons (Fsp3) is 0.182. The van der Waals surface area contributed by atoms with Gasteiger partial charge in [0, 0.05) is 6.26 Å². The van der Waals surface area contributed by atoms with Crippen molar-refractivity contribution >= 4 is 25.5 Å². The van der Waals surface area contributed by atoms with Crippen molar-refractivity contribution < 1.29 is 21.9 Å². The Morgan fingerprint density at radius 3 is 2.43 bits per heavy atom. The third kappa shape index (κ3) is 3.16. The van der Waals surface area contributed by atoms with Crippen LogP contribution < -0.4 is 4.72 Å². The van der Waals surface area contributed by atoms with Crippen LogP contribution in [0.15, 0.2) is 34.2 Å². The largest absolute Gasteiger partial charge is 0.506 e. The Balaban J connectivity index is 2.47. The van der Waals surface area contributed by atoms with Crippen molar-refractivity contribution in [3.8, 4) is 5.75 Å². The number of aryl methyl sites for hydroxylation is 1. The lowest BCUT2D eigenvalue weighted by atomic mass is 10.3. The van der Waals surface area contributed by atoms with E-state index in [-0.39, 0.29) is 21.2 Å². The highest BCUT2D eigenvalue weighted by atomic mass is 32.2. The van der Waals surface area contributed by atoms with Crippen LogP contribution in [0.2, 0.25) is 0 Å². The third-order valence-corrected chi connectivity index (χ3v) is 5.30. The standard InChI is InChI=1S/C11H13N3O5S2/c1-7-11(6-12-13-7)21(18,19)14-9-5-8(20(2,16)17)3-4-10(9)15/h3-6,14-15H,1-2H3,(H,12,13). The SMILES string of the molecule is Cc1[nH]ncc1S(=O)(=O)Nc1cc(S(C)(=O)=O)ccc1O. The Kier molecular flexibility index (Phi) is 3.68. The van der Waals surface area contributed by atoms with Crippen LogP contribution in [0.5, 0.6) is 5.75 Å². The number of aromatic nitrogens is 2. The number of H-pyrrole nitrogens is 1. The number of hydrogen-bond acceptors (Lipinski definition) is 6. The number of hydrogen-bond donors (Lipinski definition) is 3. The van der Waals surface area contributed by atoms with Crippen molar-refractivity contribution in [3.05, 3.63) is 30.1 Å². The zero-order valence-corrected chi connectivity index (χ0v) is 12.8. The quantitative estimate of drug-likeness (QED) is 0.705. The highest BCUT2D eigenvalue weighted by Gasteiger charge is 2.21. The molecule has 2 rings (SSSR count). The number of nitrogens with zero attached hydrogens (tertiary/aromatic N) is 1. The van der Waals surface area contributed by atoms with Gasteiger partial charge in [0.05, 0.1) is 22.5 Å². The first-order valence-corrected chi connectivity index (χ1v) is 9.04. The van der Waals surface area contributed by atoms with Crippen molar-refractivity contribution in [2.24, 2.45) is 0 Å². The normalized spacial score (nSPS) is 12.3. The van der Waals surface area contributed by atoms with Gasteiger partial charge < -0.3 is 5.11 Å². The zero-order valence-electron chi connectivity index (χ0n) is 11.2. The molecule has 0 unspecified atom stereocenters. The Morgan fingerprint density at radius 2 is 1.90 bits per heavy atom. The Morgan fingerprint density at radius 1 is 1.24 bits per heavy atom. The molecule has 1 heterocycles. The van der Waals surface area contributed by atoms with E-state index in [4.69, 9.17) is 0 Å². The third-order valence-electron chi connectivity index (χ3n) is 2.71. The number of aromatic amines is 1. The van der Waals surface area contributed by atoms with E-state index >= 15 is 0 Å². The molecule has 0 amide bonds. The van der Waals surface area contributed by atoms with Gasteiger partial charge in [-0.2, -0.15) is 5.10 Å². The number of phenolic OH excluding ortho intramolecular Hbond substituents is 1. The van der Waals surface area contributed by atoms with Crippen molar-refractivity contribution in [1.29, 1.82) is 0 Å². The van der Waals surface area contributed by atoms with Crippen LogP contribution in [0, 0.1) is 6.92 Å². The van der Waals surface area contributed by atoms with E-state index in [1.165, 1.54) is 13.0 Å². The average molecular weight is 331 g/mol. The number of anilines is 1. The number of rotatable bonds is 4. The predicted molar refractivity (Wildman–Crippen MR) is 75.3 cm³/mol. The molecule has 8 nitrogen and oxygen atoms in total. The van der Waals surface area contributed by atoms with Crippen molar-refractivity contribution in [2.45, 2.75) is 16.7 Å². The Labute approximate surface area is 121 Å². The fourth-order valence-corrected chi connectivity index (χ4v) is 3.49. The summed E-state index contributed by atoms with van der Waals surface area (Å²) in [6.07, 6.45) is 2.10. The van der Waals surface area contributed by atoms with E-state index in [1.807, 2.05) is 0 Å². The second kappa shape index (κ2) is 5.04. The number of sulfonamides is 1. The molecule has 0 aliphatic carbocycles. The molecule has 0 saturated heterocycles. The van der Waals surface area contributed by atoms with E-state index < -0.39 is 19.9 Å². The summed E-state index contributed by atoms with van der Waals surface area (Å²) in [5.41, 5.74) is 0.0970. The predicted octanol–water partition coefficient (Wildman–Crippen LogP) is 0.628. The maximum atomic E-state index is 12.2. The van der Waals surface area contributed by atoms with Gasteiger partial charge in [0.2, 0.25) is 0 Å². The molecule has 0 spiro atoms. The summed E-state index contributed by atoms with van der Waals surface area (Å²) in [7, 11) is -7.51. The molecule has 0 aliphatic rings. The van der Waals surface area contributed by atoms with Gasteiger partial charge in [0.1, 0.15) is 10.6 Å². The van der Waals surface area contributed by atoms with E-state index in [1.54, 1.807) is 0 Å². The number of sulfone groups is 1. The van der Waals surface area contributed by atoms with Crippen LogP contribution in [0.25, 0.3) is 0 Å². The van der Waals surface area contributed by atoms with Crippen LogP contribution >= 0.6 is 0 Å². The molecule has 0 fully saturated rings. The fourth-order valence-electron chi connectivity index (χ4n) is 1.64. The van der Waals surface area contributed by atoms with Gasteiger partial charge in [-0.3, -0.25) is 9.82 Å². The molecular formula is C11H13N3O5S2. The zero-order chi connectivity index (χ0) is 15.8. The molecule has 1 aromatic carbocycles. The maximum Gasteiger partial charge on any atom is 0.265 e. The van der Waals surface area contributed by atoms with Crippen LogP contribution in [-0.4, -0.2) is 38.4 Å². The van der Waals surface area contributed by atoms with Gasteiger partial charge in [0.25, 0.3) is 10.0 Å². The van der Waals surface area contributed by atoms with Gasteiger partial charge in [0.15, 0.2) is 9.84 Å². The van der Waals surface area contributed by atoms with Crippen LogP contribution in [-0.2, 0) is 19.9 Å². The topological polar surface area (TPSA) is 129 Å². The highest BCUT2D eigenvalue weighted by Crippen LogP contribution is 2.28. The van der Waals surface area contributed by atoms with E-state index in [9.17, 15) is 21.9 Å². The lowest BCUT2D eigenvalue weighted by Gasteiger charge is -2.10. The van der Waals surface area contributed by atoms with Crippen LogP contribution in [0.4, 0.5) is 5.69 Å². The second-order valence-electron chi connectivity index (χ2n) is 4.42. The molecule has 0 radical (unpaired) electrons. The molecule has 114 valence electrons. The minimum absolute atomic E-state index is 0.0911. The first-order chi connectivity index (χ1) is 9.61. The molecule has 10 heteroatoms. The number of aromatic hydroxyl groups is 1. The smallest absolute Gasteiger partial charge is 0.265 e. The van der Waals surface area contributed by atoms with Crippen molar-refractivity contribution in [3.63, 3.8) is 0 Å². The van der Waals surface area contributed by atoms with Crippen LogP contribution in [0.3, 0.4) is 0 Å². The van der Waals surface area contributed by atoms with Gasteiger partial charge >= 0.3 is 0 Å². The van der Waals surface area contributed by atoms with Crippen molar-refractivity contribution in [2.75, 3.05) is 11.0 Å². The summed E-state index contributed by atoms with van der Waals surface area (Å²) in [6.45, 7) is 1.52. The monoisotopic (exact) mass is 331 g/mol. The lowest BCUT2D eigenvalue weighted by Crippen LogP contribution is -2.14. The molecule has 2 aromatic rings. The van der Waals surface area contributed by atoms with Gasteiger partial charge in [-0.1, -0.05) is 0 Å². The molecule has 0 atom stereocenters. The van der Waals surface area contributed by atoms with Crippen molar-refractivity contribution in [1.82, 2.24) is 10.2 Å². The van der Waals surface area contributed by atoms with Gasteiger partial charge in [-0.15, -0.1) is 0 Å². The van der Waals surface area contributed by atoms with E-state index in [0.717, 1.165) is 24.6 Å². The number of nitrogens with one attached hydrogen (secondary N) is 2. The highest BCUT2D eigenvalue weighted by molar-refractivity contribution is 7.92. The lowest BCUT2D eigenvalue weighted by molar-refractivity contribution is 0.477. The van der Waals surface area contributed by atoms with E-state index in [2.05, 4.69) is 14.9 Å². The summed E-state index contributed by atoms with van der Waals surface area (Å²) >= 11 is 0. The number of phenols is 1. The van der Waals surface area contributed by atoms with Crippen LogP contribution in [0.1, 0.15) is 5.69 Å². The summed E-state index contributed by atoms with van der Waals surface area (Å²) in [5.74, 6) is -0.382. The Hall–Kier alpha value is -2.07. The maximum absolute atomic E-state index is 12.2. The number of benzene rings is 1. The molecule has 3 N–H and O–H groups in total. The summed E-state index contributed by atoms with van der Waals surface area (Å²) in [4.78, 5) is -0.200. The first kappa shape index (κ1) is 15.3. The molecule has 0 saturated carbocycles. The summed E-state index contributed by atoms with van der Waals surface area (Å²) < 4.78 is 49.4. The molecule has 0 aliphatic heterocycles. The second-order valence-corrected chi connectivity index (χ2v) is 8.08. The molecule has 0 bridgehead atoms. The minimum Gasteiger partial charge on any atom is -0.506 e. The Bertz CT molecular complexity index is 884. The van der Waals surface area contributed by atoms with E-state index in [0.29, 0.717) is 5.69 Å². The van der Waals surface area contributed by atoms with Gasteiger partial charge in [-0.05, 0) is 25.1 Å². The summed E-state index contributed by atoms with van der Waals surface area (Å²) in [5, 5.41) is 15.8. The van der Waals surface area contributed by atoms with Gasteiger partial charge in [-0.25, -0.2) is 16.8 Å².